The van der Waals surface area contributed by atoms with Gasteiger partial charge in [-0.2, -0.15) is 5.10 Å². The Labute approximate surface area is 133 Å². The predicted molar refractivity (Wildman–Crippen MR) is 82.6 cm³/mol. The van der Waals surface area contributed by atoms with Crippen molar-refractivity contribution in [2.24, 2.45) is 0 Å². The third-order valence-electron chi connectivity index (χ3n) is 4.38. The Kier molecular flexibility index (Phi) is 3.35. The van der Waals surface area contributed by atoms with Gasteiger partial charge in [-0.25, -0.2) is 9.67 Å². The second-order valence-electron chi connectivity index (χ2n) is 5.64. The van der Waals surface area contributed by atoms with Crippen LogP contribution in [0.3, 0.4) is 0 Å². The van der Waals surface area contributed by atoms with Gasteiger partial charge in [0, 0.05) is 23.8 Å². The molecule has 2 aromatic rings. The molecule has 0 unspecified atom stereocenters. The maximum atomic E-state index is 12.8. The zero-order valence-corrected chi connectivity index (χ0v) is 12.8. The summed E-state index contributed by atoms with van der Waals surface area (Å²) in [5.41, 5.74) is 0.875. The molecule has 6 nitrogen and oxygen atoms in total. The minimum absolute atomic E-state index is 0.0792. The summed E-state index contributed by atoms with van der Waals surface area (Å²) in [7, 11) is 0. The summed E-state index contributed by atoms with van der Waals surface area (Å²) in [5.74, 6) is 1.08. The molecule has 0 bridgehead atoms. The van der Waals surface area contributed by atoms with Crippen LogP contribution < -0.4 is 4.90 Å². The van der Waals surface area contributed by atoms with Crippen molar-refractivity contribution in [3.63, 3.8) is 0 Å². The lowest BCUT2D eigenvalue weighted by atomic mass is 10.2. The van der Waals surface area contributed by atoms with Gasteiger partial charge in [-0.1, -0.05) is 17.7 Å². The van der Waals surface area contributed by atoms with Gasteiger partial charge in [-0.3, -0.25) is 9.69 Å². The lowest BCUT2D eigenvalue weighted by Gasteiger charge is -2.30. The minimum Gasteiger partial charge on any atom is -0.311 e. The van der Waals surface area contributed by atoms with E-state index in [1.165, 1.54) is 0 Å². The number of hydrogen-bond acceptors (Lipinski definition) is 4. The lowest BCUT2D eigenvalue weighted by molar-refractivity contribution is -0.122. The van der Waals surface area contributed by atoms with Crippen molar-refractivity contribution in [2.75, 3.05) is 18.0 Å². The van der Waals surface area contributed by atoms with E-state index in [2.05, 4.69) is 15.0 Å². The topological polar surface area (TPSA) is 54.3 Å². The summed E-state index contributed by atoms with van der Waals surface area (Å²) >= 11 is 6.03. The summed E-state index contributed by atoms with van der Waals surface area (Å²) in [6.45, 7) is 3.03. The van der Waals surface area contributed by atoms with E-state index in [1.54, 1.807) is 6.33 Å². The number of anilines is 1. The van der Waals surface area contributed by atoms with Crippen LogP contribution in [-0.2, 0) is 17.9 Å². The van der Waals surface area contributed by atoms with Crippen LogP contribution in [0.15, 0.2) is 30.6 Å². The van der Waals surface area contributed by atoms with Crippen molar-refractivity contribution < 1.29 is 4.79 Å². The van der Waals surface area contributed by atoms with Gasteiger partial charge >= 0.3 is 0 Å². The molecule has 1 aromatic carbocycles. The first-order chi connectivity index (χ1) is 10.7. The summed E-state index contributed by atoms with van der Waals surface area (Å²) in [6, 6.07) is 7.39. The fraction of sp³-hybridized carbons (Fsp3) is 0.400. The van der Waals surface area contributed by atoms with E-state index in [0.29, 0.717) is 11.6 Å². The fourth-order valence-corrected chi connectivity index (χ4v) is 3.44. The number of carbonyl (C=O) groups excluding carboxylic acids is 1. The molecule has 0 spiro atoms. The van der Waals surface area contributed by atoms with Gasteiger partial charge in [0.25, 0.3) is 0 Å². The number of rotatable bonds is 2. The van der Waals surface area contributed by atoms with Gasteiger partial charge in [-0.15, -0.1) is 0 Å². The highest BCUT2D eigenvalue weighted by molar-refractivity contribution is 6.30. The van der Waals surface area contributed by atoms with Crippen LogP contribution >= 0.6 is 11.6 Å². The average Bonchev–Trinajstić information content (AvgIpc) is 3.12. The number of aromatic nitrogens is 3. The normalized spacial score (nSPS) is 22.1. The van der Waals surface area contributed by atoms with E-state index in [-0.39, 0.29) is 11.9 Å². The van der Waals surface area contributed by atoms with Crippen LogP contribution in [0, 0.1) is 0 Å². The Balaban J connectivity index is 1.52. The predicted octanol–water partition coefficient (Wildman–Crippen LogP) is 1.55. The maximum Gasteiger partial charge on any atom is 0.244 e. The summed E-state index contributed by atoms with van der Waals surface area (Å²) in [5, 5.41) is 4.83. The zero-order chi connectivity index (χ0) is 15.1. The third kappa shape index (κ3) is 2.28. The molecule has 1 aromatic heterocycles. The Hall–Kier alpha value is -1.92. The molecule has 2 aliphatic rings. The number of benzene rings is 1. The number of halogens is 1. The Bertz CT molecular complexity index is 715. The molecule has 1 amide bonds. The van der Waals surface area contributed by atoms with Crippen molar-refractivity contribution in [3.05, 3.63) is 41.4 Å². The molecule has 3 heterocycles. The van der Waals surface area contributed by atoms with Gasteiger partial charge in [0.05, 0.1) is 19.1 Å². The largest absolute Gasteiger partial charge is 0.311 e. The molecule has 0 saturated carbocycles. The summed E-state index contributed by atoms with van der Waals surface area (Å²) in [6.07, 6.45) is 2.41. The maximum absolute atomic E-state index is 12.8. The highest BCUT2D eigenvalue weighted by atomic mass is 35.5. The Morgan fingerprint density at radius 3 is 3.00 bits per heavy atom. The van der Waals surface area contributed by atoms with Gasteiger partial charge in [0.2, 0.25) is 5.91 Å². The molecular formula is C15H16ClN5O. The highest BCUT2D eigenvalue weighted by Crippen LogP contribution is 2.27. The molecule has 1 saturated heterocycles. The first-order valence-corrected chi connectivity index (χ1v) is 7.78. The van der Waals surface area contributed by atoms with Crippen molar-refractivity contribution in [1.29, 1.82) is 0 Å². The van der Waals surface area contributed by atoms with Gasteiger partial charge in [0.15, 0.2) is 0 Å². The van der Waals surface area contributed by atoms with Crippen LogP contribution in [0.5, 0.6) is 0 Å². The molecule has 4 rings (SSSR count). The molecule has 114 valence electrons. The minimum atomic E-state index is -0.0792. The number of nitrogens with zero attached hydrogens (tertiary/aromatic N) is 5. The molecule has 1 atom stereocenters. The molecular weight excluding hydrogens is 302 g/mol. The van der Waals surface area contributed by atoms with Gasteiger partial charge in [0.1, 0.15) is 12.2 Å². The molecule has 1 fully saturated rings. The highest BCUT2D eigenvalue weighted by Gasteiger charge is 2.38. The van der Waals surface area contributed by atoms with E-state index in [9.17, 15) is 4.79 Å². The smallest absolute Gasteiger partial charge is 0.244 e. The van der Waals surface area contributed by atoms with E-state index < -0.39 is 0 Å². The van der Waals surface area contributed by atoms with Crippen molar-refractivity contribution in [2.45, 2.75) is 25.6 Å². The van der Waals surface area contributed by atoms with Crippen LogP contribution in [0.4, 0.5) is 5.69 Å². The quantitative estimate of drug-likeness (QED) is 0.843. The third-order valence-corrected chi connectivity index (χ3v) is 4.61. The van der Waals surface area contributed by atoms with E-state index in [0.717, 1.165) is 37.6 Å². The first-order valence-electron chi connectivity index (χ1n) is 7.40. The van der Waals surface area contributed by atoms with Crippen LogP contribution in [-0.4, -0.2) is 44.7 Å². The molecule has 0 aliphatic carbocycles. The first kappa shape index (κ1) is 13.7. The van der Waals surface area contributed by atoms with Gasteiger partial charge in [-0.05, 0) is 24.6 Å². The fourth-order valence-electron chi connectivity index (χ4n) is 3.25. The second-order valence-corrected chi connectivity index (χ2v) is 6.08. The second kappa shape index (κ2) is 5.37. The molecule has 2 aliphatic heterocycles. The molecule has 22 heavy (non-hydrogen) atoms. The van der Waals surface area contributed by atoms with Crippen molar-refractivity contribution in [3.8, 4) is 0 Å². The van der Waals surface area contributed by atoms with Crippen molar-refractivity contribution >= 4 is 23.2 Å². The van der Waals surface area contributed by atoms with Crippen LogP contribution in [0.1, 0.15) is 12.2 Å². The van der Waals surface area contributed by atoms with Crippen molar-refractivity contribution in [1.82, 2.24) is 19.7 Å². The summed E-state index contributed by atoms with van der Waals surface area (Å²) < 4.78 is 1.91. The molecule has 0 N–H and O–H groups in total. The van der Waals surface area contributed by atoms with E-state index in [1.807, 2.05) is 33.8 Å². The standard InChI is InChI=1S/C15H16ClN5O/c16-11-2-1-3-12(8-11)20-5-4-13(15(20)22)19-6-7-21-14(9-19)17-10-18-21/h1-3,8,10,13H,4-7,9H2/t13-/m0/s1. The summed E-state index contributed by atoms with van der Waals surface area (Å²) in [4.78, 5) is 21.1. The van der Waals surface area contributed by atoms with Crippen LogP contribution in [0.2, 0.25) is 5.02 Å². The molecule has 7 heteroatoms. The average molecular weight is 318 g/mol. The number of carbonyl (C=O) groups is 1. The SMILES string of the molecule is O=C1[C@@H](N2CCn3ncnc3C2)CCN1c1cccc(Cl)c1. The molecule has 0 radical (unpaired) electrons. The van der Waals surface area contributed by atoms with E-state index >= 15 is 0 Å². The van der Waals surface area contributed by atoms with E-state index in [4.69, 9.17) is 11.6 Å². The number of fused-ring (bicyclic) bond motifs is 1. The Morgan fingerprint density at radius 1 is 1.23 bits per heavy atom. The number of hydrogen-bond donors (Lipinski definition) is 0. The monoisotopic (exact) mass is 317 g/mol. The Morgan fingerprint density at radius 2 is 2.14 bits per heavy atom. The lowest BCUT2D eigenvalue weighted by Crippen LogP contribution is -2.45. The number of amides is 1. The van der Waals surface area contributed by atoms with Crippen LogP contribution in [0.25, 0.3) is 0 Å². The van der Waals surface area contributed by atoms with Gasteiger partial charge < -0.3 is 4.90 Å². The zero-order valence-electron chi connectivity index (χ0n) is 12.0.